The van der Waals surface area contributed by atoms with E-state index in [2.05, 4.69) is 0 Å². The van der Waals surface area contributed by atoms with E-state index in [1.54, 1.807) is 12.1 Å². The Bertz CT molecular complexity index is 339. The molecule has 0 aromatic heterocycles. The lowest BCUT2D eigenvalue weighted by Crippen LogP contribution is -2.31. The molecule has 0 unspecified atom stereocenters. The lowest BCUT2D eigenvalue weighted by atomic mass is 9.94. The van der Waals surface area contributed by atoms with E-state index in [1.165, 1.54) is 13.8 Å². The van der Waals surface area contributed by atoms with E-state index < -0.39 is 5.60 Å². The summed E-state index contributed by atoms with van der Waals surface area (Å²) in [6.07, 6.45) is 0. The molecule has 0 aliphatic heterocycles. The van der Waals surface area contributed by atoms with Gasteiger partial charge in [-0.25, -0.2) is 0 Å². The predicted octanol–water partition coefficient (Wildman–Crippen LogP) is 2.26. The minimum Gasteiger partial charge on any atom is -0.382 e. The zero-order valence-corrected chi connectivity index (χ0v) is 9.09. The van der Waals surface area contributed by atoms with Crippen molar-refractivity contribution >= 4 is 5.78 Å². The van der Waals surface area contributed by atoms with E-state index in [4.69, 9.17) is 0 Å². The number of carbonyl (C=O) groups excluding carboxylic acids is 1. The summed E-state index contributed by atoms with van der Waals surface area (Å²) in [6, 6.07) is 5.60. The van der Waals surface area contributed by atoms with Crippen molar-refractivity contribution in [2.45, 2.75) is 33.3 Å². The van der Waals surface area contributed by atoms with E-state index in [1.807, 2.05) is 19.9 Å². The lowest BCUT2D eigenvalue weighted by molar-refractivity contribution is 0.0488. The van der Waals surface area contributed by atoms with Crippen LogP contribution in [0.5, 0.6) is 0 Å². The molecule has 0 spiro atoms. The molecule has 1 rings (SSSR count). The van der Waals surface area contributed by atoms with Crippen LogP contribution in [0.3, 0.4) is 0 Å². The number of aliphatic hydroxyl groups is 1. The molecule has 0 saturated carbocycles. The maximum Gasteiger partial charge on any atom is 0.193 e. The van der Waals surface area contributed by atoms with E-state index in [0.717, 1.165) is 11.1 Å². The summed E-state index contributed by atoms with van der Waals surface area (Å²) < 4.78 is 0. The van der Waals surface area contributed by atoms with Crippen molar-refractivity contribution in [1.82, 2.24) is 0 Å². The predicted molar refractivity (Wildman–Crippen MR) is 56.5 cm³/mol. The summed E-state index contributed by atoms with van der Waals surface area (Å²) in [5, 5.41) is 9.57. The summed E-state index contributed by atoms with van der Waals surface area (Å²) in [5.74, 6) is -0.232. The van der Waals surface area contributed by atoms with Gasteiger partial charge in [0.05, 0.1) is 0 Å². The molecular formula is C12H16O2. The molecule has 2 nitrogen and oxygen atoms in total. The molecule has 0 aliphatic carbocycles. The van der Waals surface area contributed by atoms with Crippen LogP contribution in [0.2, 0.25) is 0 Å². The number of hydrogen-bond acceptors (Lipinski definition) is 2. The average Bonchev–Trinajstić information content (AvgIpc) is 1.99. The van der Waals surface area contributed by atoms with E-state index in [9.17, 15) is 9.90 Å². The first-order chi connectivity index (χ1) is 6.30. The summed E-state index contributed by atoms with van der Waals surface area (Å²) in [4.78, 5) is 11.7. The van der Waals surface area contributed by atoms with Gasteiger partial charge in [0, 0.05) is 5.56 Å². The summed E-state index contributed by atoms with van der Waals surface area (Å²) in [7, 11) is 0. The minimum atomic E-state index is -1.29. The van der Waals surface area contributed by atoms with Gasteiger partial charge >= 0.3 is 0 Å². The summed E-state index contributed by atoms with van der Waals surface area (Å²) in [5.41, 5.74) is 1.37. The van der Waals surface area contributed by atoms with Crippen LogP contribution in [0.1, 0.15) is 35.3 Å². The van der Waals surface area contributed by atoms with Crippen molar-refractivity contribution in [1.29, 1.82) is 0 Å². The first kappa shape index (κ1) is 10.9. The van der Waals surface area contributed by atoms with Crippen molar-refractivity contribution in [3.63, 3.8) is 0 Å². The zero-order valence-electron chi connectivity index (χ0n) is 9.09. The lowest BCUT2D eigenvalue weighted by Gasteiger charge is -2.16. The van der Waals surface area contributed by atoms with Gasteiger partial charge in [0.1, 0.15) is 5.60 Å². The van der Waals surface area contributed by atoms with Crippen LogP contribution in [-0.2, 0) is 0 Å². The van der Waals surface area contributed by atoms with Gasteiger partial charge in [-0.2, -0.15) is 0 Å². The fourth-order valence-electron chi connectivity index (χ4n) is 1.46. The molecule has 0 amide bonds. The Labute approximate surface area is 84.6 Å². The molecule has 1 aromatic rings. The Balaban J connectivity index is 3.14. The molecule has 1 N–H and O–H groups in total. The third-order valence-electron chi connectivity index (χ3n) is 2.04. The normalized spacial score (nSPS) is 11.5. The van der Waals surface area contributed by atoms with E-state index in [-0.39, 0.29) is 5.78 Å². The fraction of sp³-hybridized carbons (Fsp3) is 0.417. The number of hydrogen-bond donors (Lipinski definition) is 1. The third kappa shape index (κ3) is 2.42. The van der Waals surface area contributed by atoms with E-state index in [0.29, 0.717) is 5.56 Å². The van der Waals surface area contributed by atoms with Crippen LogP contribution < -0.4 is 0 Å². The number of carbonyl (C=O) groups is 1. The summed E-state index contributed by atoms with van der Waals surface area (Å²) in [6.45, 7) is 6.89. The van der Waals surface area contributed by atoms with Crippen molar-refractivity contribution in [2.75, 3.05) is 0 Å². The Morgan fingerprint density at radius 3 is 1.93 bits per heavy atom. The van der Waals surface area contributed by atoms with Crippen LogP contribution in [0.25, 0.3) is 0 Å². The van der Waals surface area contributed by atoms with Gasteiger partial charge in [0.15, 0.2) is 5.78 Å². The smallest absolute Gasteiger partial charge is 0.193 e. The van der Waals surface area contributed by atoms with Gasteiger partial charge in [-0.3, -0.25) is 4.79 Å². The molecule has 0 saturated heterocycles. The zero-order chi connectivity index (χ0) is 10.9. The highest BCUT2D eigenvalue weighted by molar-refractivity contribution is 6.02. The maximum atomic E-state index is 11.7. The first-order valence-electron chi connectivity index (χ1n) is 4.66. The SMILES string of the molecule is Cc1cc(C)cc(C(=O)C(C)(C)O)c1. The van der Waals surface area contributed by atoms with Crippen molar-refractivity contribution < 1.29 is 9.90 Å². The summed E-state index contributed by atoms with van der Waals surface area (Å²) >= 11 is 0. The monoisotopic (exact) mass is 192 g/mol. The van der Waals surface area contributed by atoms with Crippen LogP contribution >= 0.6 is 0 Å². The van der Waals surface area contributed by atoms with Crippen LogP contribution in [0.15, 0.2) is 18.2 Å². The molecule has 0 bridgehead atoms. The molecule has 1 aromatic carbocycles. The van der Waals surface area contributed by atoms with Crippen LogP contribution in [-0.4, -0.2) is 16.5 Å². The van der Waals surface area contributed by atoms with Gasteiger partial charge in [-0.15, -0.1) is 0 Å². The van der Waals surface area contributed by atoms with Gasteiger partial charge in [0.2, 0.25) is 0 Å². The Hall–Kier alpha value is -1.15. The van der Waals surface area contributed by atoms with E-state index >= 15 is 0 Å². The average molecular weight is 192 g/mol. The number of aryl methyl sites for hydroxylation is 2. The van der Waals surface area contributed by atoms with Gasteiger partial charge in [0.25, 0.3) is 0 Å². The number of rotatable bonds is 2. The minimum absolute atomic E-state index is 0.232. The fourth-order valence-corrected chi connectivity index (χ4v) is 1.46. The Morgan fingerprint density at radius 1 is 1.14 bits per heavy atom. The number of ketones is 1. The third-order valence-corrected chi connectivity index (χ3v) is 2.04. The molecular weight excluding hydrogens is 176 g/mol. The highest BCUT2D eigenvalue weighted by Crippen LogP contribution is 2.15. The molecule has 2 heteroatoms. The second-order valence-corrected chi connectivity index (χ2v) is 4.26. The standard InChI is InChI=1S/C12H16O2/c1-8-5-9(2)7-10(6-8)11(13)12(3,4)14/h5-7,14H,1-4H3. The topological polar surface area (TPSA) is 37.3 Å². The van der Waals surface area contributed by atoms with Crippen molar-refractivity contribution in [3.8, 4) is 0 Å². The molecule has 0 aliphatic rings. The van der Waals surface area contributed by atoms with Gasteiger partial charge < -0.3 is 5.11 Å². The molecule has 76 valence electrons. The van der Waals surface area contributed by atoms with Crippen molar-refractivity contribution in [2.24, 2.45) is 0 Å². The quantitative estimate of drug-likeness (QED) is 0.730. The van der Waals surface area contributed by atoms with Crippen LogP contribution in [0, 0.1) is 13.8 Å². The largest absolute Gasteiger partial charge is 0.382 e. The van der Waals surface area contributed by atoms with Crippen LogP contribution in [0.4, 0.5) is 0 Å². The molecule has 14 heavy (non-hydrogen) atoms. The van der Waals surface area contributed by atoms with Crippen molar-refractivity contribution in [3.05, 3.63) is 34.9 Å². The number of benzene rings is 1. The highest BCUT2D eigenvalue weighted by atomic mass is 16.3. The first-order valence-corrected chi connectivity index (χ1v) is 4.66. The second kappa shape index (κ2) is 3.54. The maximum absolute atomic E-state index is 11.7. The number of Topliss-reactive ketones (excluding diaryl/α,β-unsaturated/α-hetero) is 1. The molecule has 0 atom stereocenters. The Morgan fingerprint density at radius 2 is 1.57 bits per heavy atom. The molecule has 0 heterocycles. The highest BCUT2D eigenvalue weighted by Gasteiger charge is 2.25. The Kier molecular flexibility index (Phi) is 2.76. The van der Waals surface area contributed by atoms with Gasteiger partial charge in [-0.1, -0.05) is 17.2 Å². The second-order valence-electron chi connectivity index (χ2n) is 4.26. The molecule has 0 fully saturated rings. The van der Waals surface area contributed by atoms with Gasteiger partial charge in [-0.05, 0) is 39.8 Å². The molecule has 0 radical (unpaired) electrons.